The van der Waals surface area contributed by atoms with Crippen LogP contribution in [0.4, 0.5) is 0 Å². The smallest absolute Gasteiger partial charge is 0.349 e. The van der Waals surface area contributed by atoms with Gasteiger partial charge in [-0.05, 0) is 87.1 Å². The lowest BCUT2D eigenvalue weighted by atomic mass is 10.0. The van der Waals surface area contributed by atoms with Crippen LogP contribution in [0.15, 0.2) is 66.7 Å². The van der Waals surface area contributed by atoms with Gasteiger partial charge in [0.2, 0.25) is 0 Å². The number of hydrogen-bond donors (Lipinski definition) is 1. The third kappa shape index (κ3) is 6.00. The third-order valence-electron chi connectivity index (χ3n) is 7.42. The van der Waals surface area contributed by atoms with E-state index in [0.29, 0.717) is 17.7 Å². The van der Waals surface area contributed by atoms with Crippen molar-refractivity contribution in [3.63, 3.8) is 0 Å². The van der Waals surface area contributed by atoms with Gasteiger partial charge in [-0.2, -0.15) is 0 Å². The minimum atomic E-state index is -1.09. The van der Waals surface area contributed by atoms with Crippen LogP contribution in [0.1, 0.15) is 72.0 Å². The highest BCUT2D eigenvalue weighted by Gasteiger charge is 2.31. The molecule has 3 aromatic carbocycles. The lowest BCUT2D eigenvalue weighted by Gasteiger charge is -2.23. The highest BCUT2D eigenvalue weighted by atomic mass is 16.6. The van der Waals surface area contributed by atoms with E-state index in [1.54, 1.807) is 13.8 Å². The molecule has 6 nitrogen and oxygen atoms in total. The first-order valence-corrected chi connectivity index (χ1v) is 13.4. The highest BCUT2D eigenvalue weighted by molar-refractivity contribution is 5.99. The number of hydrogen-bond acceptors (Lipinski definition) is 4. The molecule has 6 heteroatoms. The van der Waals surface area contributed by atoms with Crippen LogP contribution in [-0.4, -0.2) is 29.2 Å². The molecule has 0 radical (unpaired) electrons. The fraction of sp³-hybridized carbons (Fsp3) is 0.333. The molecule has 1 amide bonds. The zero-order valence-corrected chi connectivity index (χ0v) is 23.9. The summed E-state index contributed by atoms with van der Waals surface area (Å²) in [6.45, 7) is 9.62. The molecule has 0 unspecified atom stereocenters. The number of benzene rings is 3. The largest absolute Gasteiger partial charge is 0.476 e. The predicted octanol–water partition coefficient (Wildman–Crippen LogP) is 6.46. The first kappa shape index (κ1) is 28.0. The summed E-state index contributed by atoms with van der Waals surface area (Å²) in [6.07, 6.45) is 1.65. The van der Waals surface area contributed by atoms with Crippen molar-refractivity contribution < 1.29 is 19.1 Å². The van der Waals surface area contributed by atoms with Crippen LogP contribution in [0, 0.1) is 6.92 Å². The molecule has 0 spiro atoms. The van der Waals surface area contributed by atoms with Crippen LogP contribution in [0.3, 0.4) is 0 Å². The lowest BCUT2D eigenvalue weighted by Crippen LogP contribution is -2.39. The van der Waals surface area contributed by atoms with Crippen molar-refractivity contribution in [2.45, 2.75) is 59.1 Å². The van der Waals surface area contributed by atoms with Crippen molar-refractivity contribution in [1.29, 1.82) is 0 Å². The Balaban J connectivity index is 1.56. The maximum absolute atomic E-state index is 13.2. The number of aromatic nitrogens is 1. The Kier molecular flexibility index (Phi) is 8.14. The molecule has 0 aliphatic rings. The number of carbonyl (C=O) groups excluding carboxylic acids is 2. The van der Waals surface area contributed by atoms with Crippen LogP contribution < -0.4 is 10.1 Å². The van der Waals surface area contributed by atoms with Gasteiger partial charge in [0.15, 0.2) is 5.60 Å². The predicted molar refractivity (Wildman–Crippen MR) is 155 cm³/mol. The molecule has 204 valence electrons. The summed E-state index contributed by atoms with van der Waals surface area (Å²) in [4.78, 5) is 25.2. The van der Waals surface area contributed by atoms with E-state index in [0.717, 1.165) is 34.1 Å². The number of nitrogens with zero attached hydrogens (tertiary/aromatic N) is 1. The highest BCUT2D eigenvalue weighted by Crippen LogP contribution is 2.30. The number of methoxy groups -OCH3 is 1. The summed E-state index contributed by atoms with van der Waals surface area (Å²) in [7, 11) is 3.38. The van der Waals surface area contributed by atoms with Gasteiger partial charge in [-0.25, -0.2) is 4.79 Å². The Labute approximate surface area is 230 Å². The number of rotatable bonds is 9. The van der Waals surface area contributed by atoms with E-state index in [1.165, 1.54) is 18.2 Å². The average molecular weight is 527 g/mol. The van der Waals surface area contributed by atoms with Crippen molar-refractivity contribution in [1.82, 2.24) is 9.88 Å². The molecule has 39 heavy (non-hydrogen) atoms. The first-order valence-electron chi connectivity index (χ1n) is 13.4. The van der Waals surface area contributed by atoms with Gasteiger partial charge in [0.25, 0.3) is 5.91 Å². The van der Waals surface area contributed by atoms with Crippen molar-refractivity contribution >= 4 is 22.8 Å². The molecule has 1 atom stereocenters. The van der Waals surface area contributed by atoms with Crippen LogP contribution >= 0.6 is 0 Å². The van der Waals surface area contributed by atoms with E-state index in [4.69, 9.17) is 9.47 Å². The Morgan fingerprint density at radius 1 is 1.00 bits per heavy atom. The second-order valence-corrected chi connectivity index (χ2v) is 10.6. The van der Waals surface area contributed by atoms with Gasteiger partial charge < -0.3 is 19.4 Å². The topological polar surface area (TPSA) is 69.6 Å². The SMILES string of the molecule is CCc1cccc([C@H](C)NC(=O)c2ccc3c(Cc4cccc(OC(C)(C)C(=O)OC)c4)c(C)n(C)c3c2)c1. The fourth-order valence-electron chi connectivity index (χ4n) is 4.96. The molecular formula is C33H38N2O4. The maximum Gasteiger partial charge on any atom is 0.349 e. The molecule has 1 heterocycles. The van der Waals surface area contributed by atoms with Gasteiger partial charge in [0, 0.05) is 29.2 Å². The van der Waals surface area contributed by atoms with Gasteiger partial charge in [-0.3, -0.25) is 4.79 Å². The lowest BCUT2D eigenvalue weighted by molar-refractivity contribution is -0.156. The van der Waals surface area contributed by atoms with E-state index in [1.807, 2.05) is 62.5 Å². The molecule has 0 aliphatic heterocycles. The molecule has 0 fully saturated rings. The van der Waals surface area contributed by atoms with E-state index in [-0.39, 0.29) is 11.9 Å². The number of aryl methyl sites for hydroxylation is 2. The summed E-state index contributed by atoms with van der Waals surface area (Å²) in [5, 5.41) is 4.26. The first-order chi connectivity index (χ1) is 18.5. The summed E-state index contributed by atoms with van der Waals surface area (Å²) in [5.74, 6) is 0.0876. The standard InChI is InChI=1S/C33H38N2O4/c1-8-23-11-9-13-25(17-23)21(2)34-31(36)26-15-16-28-29(22(3)35(6)30(28)20-26)19-24-12-10-14-27(18-24)39-33(4,5)32(37)38-7/h9-18,20-21H,8,19H2,1-7H3,(H,34,36)/t21-/m0/s1. The van der Waals surface area contributed by atoms with E-state index in [2.05, 4.69) is 41.9 Å². The number of carbonyl (C=O) groups is 2. The molecule has 1 N–H and O–H groups in total. The van der Waals surface area contributed by atoms with E-state index >= 15 is 0 Å². The van der Waals surface area contributed by atoms with Crippen LogP contribution in [0.2, 0.25) is 0 Å². The van der Waals surface area contributed by atoms with Gasteiger partial charge in [0.05, 0.1) is 13.2 Å². The fourth-order valence-corrected chi connectivity index (χ4v) is 4.96. The molecule has 4 rings (SSSR count). The van der Waals surface area contributed by atoms with Crippen LogP contribution in [-0.2, 0) is 29.4 Å². The third-order valence-corrected chi connectivity index (χ3v) is 7.42. The van der Waals surface area contributed by atoms with Crippen LogP contribution in [0.5, 0.6) is 5.75 Å². The minimum Gasteiger partial charge on any atom is -0.476 e. The van der Waals surface area contributed by atoms with E-state index < -0.39 is 11.6 Å². The summed E-state index contributed by atoms with van der Waals surface area (Å²) in [5.41, 5.74) is 6.29. The van der Waals surface area contributed by atoms with Crippen LogP contribution in [0.25, 0.3) is 10.9 Å². The molecule has 1 aromatic heterocycles. The Morgan fingerprint density at radius 2 is 1.72 bits per heavy atom. The molecule has 4 aromatic rings. The second-order valence-electron chi connectivity index (χ2n) is 10.6. The molecule has 0 bridgehead atoms. The van der Waals surface area contributed by atoms with Crippen molar-refractivity contribution in [3.05, 3.63) is 100 Å². The van der Waals surface area contributed by atoms with Gasteiger partial charge in [0.1, 0.15) is 5.75 Å². The Morgan fingerprint density at radius 3 is 2.44 bits per heavy atom. The molecule has 0 aliphatic carbocycles. The zero-order valence-electron chi connectivity index (χ0n) is 23.9. The normalized spacial score (nSPS) is 12.3. The summed E-state index contributed by atoms with van der Waals surface area (Å²) in [6, 6.07) is 21.9. The molecule has 0 saturated heterocycles. The number of ether oxygens (including phenoxy) is 2. The van der Waals surface area contributed by atoms with Crippen molar-refractivity contribution in [3.8, 4) is 5.75 Å². The molecule has 0 saturated carbocycles. The quantitative estimate of drug-likeness (QED) is 0.254. The summed E-state index contributed by atoms with van der Waals surface area (Å²) >= 11 is 0. The Hall–Kier alpha value is -4.06. The van der Waals surface area contributed by atoms with Gasteiger partial charge in [-0.15, -0.1) is 0 Å². The zero-order chi connectivity index (χ0) is 28.3. The number of esters is 1. The van der Waals surface area contributed by atoms with Gasteiger partial charge >= 0.3 is 5.97 Å². The molecular weight excluding hydrogens is 488 g/mol. The average Bonchev–Trinajstić information content (AvgIpc) is 3.16. The Bertz CT molecular complexity index is 1520. The minimum absolute atomic E-state index is 0.0928. The second kappa shape index (κ2) is 11.4. The van der Waals surface area contributed by atoms with Crippen molar-refractivity contribution in [2.24, 2.45) is 7.05 Å². The number of fused-ring (bicyclic) bond motifs is 1. The van der Waals surface area contributed by atoms with Gasteiger partial charge in [-0.1, -0.05) is 49.4 Å². The maximum atomic E-state index is 13.2. The number of nitrogens with one attached hydrogen (secondary N) is 1. The van der Waals surface area contributed by atoms with Crippen molar-refractivity contribution in [2.75, 3.05) is 7.11 Å². The summed E-state index contributed by atoms with van der Waals surface area (Å²) < 4.78 is 12.9. The number of amides is 1. The van der Waals surface area contributed by atoms with E-state index in [9.17, 15) is 9.59 Å². The monoisotopic (exact) mass is 526 g/mol.